The number of aliphatic hydroxyl groups excluding tert-OH is 4. The third kappa shape index (κ3) is 4.27. The highest BCUT2D eigenvalue weighted by molar-refractivity contribution is 5.96. The first kappa shape index (κ1) is 27.1. The van der Waals surface area contributed by atoms with Gasteiger partial charge in [0.05, 0.1) is 27.9 Å². The molecule has 3 aromatic rings. The van der Waals surface area contributed by atoms with Gasteiger partial charge in [-0.25, -0.2) is 0 Å². The molecular formula is C24H26O14. The summed E-state index contributed by atoms with van der Waals surface area (Å²) in [4.78, 5) is 13.8. The Morgan fingerprint density at radius 2 is 1.55 bits per heavy atom. The van der Waals surface area contributed by atoms with Crippen LogP contribution in [0, 0.1) is 0 Å². The van der Waals surface area contributed by atoms with Gasteiger partial charge in [-0.2, -0.15) is 0 Å². The Morgan fingerprint density at radius 1 is 0.868 bits per heavy atom. The van der Waals surface area contributed by atoms with E-state index in [-0.39, 0.29) is 28.6 Å². The van der Waals surface area contributed by atoms with Gasteiger partial charge in [0.1, 0.15) is 29.8 Å². The summed E-state index contributed by atoms with van der Waals surface area (Å²) in [6, 6.07) is 3.85. The maximum absolute atomic E-state index is 13.8. The third-order valence-electron chi connectivity index (χ3n) is 6.09. The first-order chi connectivity index (χ1) is 18.1. The molecule has 2 heterocycles. The van der Waals surface area contributed by atoms with Gasteiger partial charge in [0.25, 0.3) is 0 Å². The topological polar surface area (TPSA) is 218 Å². The number of hydrogen-bond acceptors (Lipinski definition) is 14. The van der Waals surface area contributed by atoms with E-state index in [0.717, 1.165) is 7.11 Å². The van der Waals surface area contributed by atoms with Gasteiger partial charge in [-0.1, -0.05) is 0 Å². The monoisotopic (exact) mass is 538 g/mol. The number of phenolic OH excluding ortho intramolecular Hbond substituents is 3. The zero-order chi connectivity index (χ0) is 27.9. The van der Waals surface area contributed by atoms with Gasteiger partial charge < -0.3 is 63.8 Å². The van der Waals surface area contributed by atoms with Gasteiger partial charge in [-0.15, -0.1) is 0 Å². The van der Waals surface area contributed by atoms with Crippen molar-refractivity contribution in [2.75, 3.05) is 27.9 Å². The molecule has 0 aliphatic carbocycles. The number of methoxy groups -OCH3 is 3. The number of rotatable bonds is 7. The quantitative estimate of drug-likeness (QED) is 0.207. The molecule has 0 spiro atoms. The van der Waals surface area contributed by atoms with Gasteiger partial charge in [0.2, 0.25) is 34.7 Å². The molecule has 14 nitrogen and oxygen atoms in total. The molecule has 0 amide bonds. The molecule has 206 valence electrons. The number of hydrogen-bond donors (Lipinski definition) is 7. The molecule has 1 aliphatic rings. The lowest BCUT2D eigenvalue weighted by Gasteiger charge is -2.39. The second kappa shape index (κ2) is 10.4. The highest BCUT2D eigenvalue weighted by Crippen LogP contribution is 2.50. The van der Waals surface area contributed by atoms with Crippen molar-refractivity contribution in [1.29, 1.82) is 0 Å². The molecule has 5 unspecified atom stereocenters. The van der Waals surface area contributed by atoms with E-state index in [0.29, 0.717) is 0 Å². The molecule has 14 heteroatoms. The standard InChI is InChI=1S/C24H26O14/c1-33-10-6-8(4-5-9(10)26)19-23(38-24-17(31)16(30)13(27)11(7-25)36-24)15(29)12-14(28)21(34-2)18(32)22(35-3)20(12)37-19/h4-6,11,13,16-17,24-28,30-32H,7H2,1-3H3. The Kier molecular flexibility index (Phi) is 7.44. The molecule has 1 aliphatic heterocycles. The largest absolute Gasteiger partial charge is 0.504 e. The molecule has 1 aromatic heterocycles. The fourth-order valence-corrected chi connectivity index (χ4v) is 4.11. The van der Waals surface area contributed by atoms with Gasteiger partial charge in [-0.05, 0) is 18.2 Å². The fourth-order valence-electron chi connectivity index (χ4n) is 4.11. The third-order valence-corrected chi connectivity index (χ3v) is 6.09. The molecule has 1 saturated heterocycles. The Hall–Kier alpha value is -3.95. The highest BCUT2D eigenvalue weighted by Gasteiger charge is 2.45. The summed E-state index contributed by atoms with van der Waals surface area (Å²) < 4.78 is 32.2. The SMILES string of the molecule is COc1cc(-c2oc3c(OC)c(O)c(OC)c(O)c3c(=O)c2OC2OC(CO)C(O)C(O)C2O)ccc1O. The molecular weight excluding hydrogens is 512 g/mol. The van der Waals surface area contributed by atoms with Crippen molar-refractivity contribution in [3.8, 4) is 51.6 Å². The Balaban J connectivity index is 2.03. The van der Waals surface area contributed by atoms with Crippen molar-refractivity contribution in [2.45, 2.75) is 30.7 Å². The van der Waals surface area contributed by atoms with Crippen molar-refractivity contribution < 1.29 is 63.8 Å². The average Bonchev–Trinajstić information content (AvgIpc) is 2.90. The molecule has 1 fully saturated rings. The van der Waals surface area contributed by atoms with E-state index in [1.165, 1.54) is 32.4 Å². The highest BCUT2D eigenvalue weighted by atomic mass is 16.7. The smallest absolute Gasteiger partial charge is 0.239 e. The molecule has 0 saturated carbocycles. The van der Waals surface area contributed by atoms with Crippen LogP contribution < -0.4 is 24.4 Å². The Bertz CT molecular complexity index is 1400. The van der Waals surface area contributed by atoms with Crippen LogP contribution in [-0.4, -0.2) is 94.4 Å². The molecule has 7 N–H and O–H groups in total. The van der Waals surface area contributed by atoms with Crippen molar-refractivity contribution in [3.63, 3.8) is 0 Å². The lowest BCUT2D eigenvalue weighted by molar-refractivity contribution is -0.277. The number of fused-ring (bicyclic) bond motifs is 1. The normalized spacial score (nSPS) is 23.3. The molecule has 5 atom stereocenters. The number of phenols is 3. The van der Waals surface area contributed by atoms with Crippen LogP contribution in [0.3, 0.4) is 0 Å². The lowest BCUT2D eigenvalue weighted by atomic mass is 9.99. The summed E-state index contributed by atoms with van der Waals surface area (Å²) in [6.45, 7) is -0.756. The Morgan fingerprint density at radius 3 is 2.16 bits per heavy atom. The molecule has 4 rings (SSSR count). The molecule has 0 bridgehead atoms. The second-order valence-electron chi connectivity index (χ2n) is 8.26. The van der Waals surface area contributed by atoms with E-state index in [1.807, 2.05) is 0 Å². The van der Waals surface area contributed by atoms with Crippen LogP contribution in [0.5, 0.6) is 40.2 Å². The lowest BCUT2D eigenvalue weighted by Crippen LogP contribution is -2.60. The summed E-state index contributed by atoms with van der Waals surface area (Å²) in [5.74, 6) is -3.61. The second-order valence-corrected chi connectivity index (χ2v) is 8.26. The predicted molar refractivity (Wildman–Crippen MR) is 127 cm³/mol. The van der Waals surface area contributed by atoms with E-state index in [1.54, 1.807) is 0 Å². The maximum atomic E-state index is 13.8. The molecule has 0 radical (unpaired) electrons. The van der Waals surface area contributed by atoms with E-state index < -0.39 is 76.7 Å². The average molecular weight is 538 g/mol. The minimum absolute atomic E-state index is 0.0172. The van der Waals surface area contributed by atoms with Gasteiger partial charge >= 0.3 is 0 Å². The number of aromatic hydroxyl groups is 3. The summed E-state index contributed by atoms with van der Waals surface area (Å²) in [7, 11) is 3.59. The van der Waals surface area contributed by atoms with Crippen LogP contribution in [0.15, 0.2) is 27.4 Å². The van der Waals surface area contributed by atoms with Crippen LogP contribution in [-0.2, 0) is 4.74 Å². The Labute approximate surface area is 214 Å². The molecule has 2 aromatic carbocycles. The van der Waals surface area contributed by atoms with Gasteiger partial charge in [0.15, 0.2) is 28.6 Å². The van der Waals surface area contributed by atoms with Crippen molar-refractivity contribution in [2.24, 2.45) is 0 Å². The predicted octanol–water partition coefficient (Wildman–Crippen LogP) is -0.219. The van der Waals surface area contributed by atoms with E-state index in [9.17, 15) is 40.5 Å². The van der Waals surface area contributed by atoms with Crippen molar-refractivity contribution in [3.05, 3.63) is 28.4 Å². The van der Waals surface area contributed by atoms with Crippen LogP contribution in [0.2, 0.25) is 0 Å². The first-order valence-electron chi connectivity index (χ1n) is 11.1. The fraction of sp³-hybridized carbons (Fsp3) is 0.375. The summed E-state index contributed by atoms with van der Waals surface area (Å²) in [5.41, 5.74) is -1.36. The zero-order valence-corrected chi connectivity index (χ0v) is 20.3. The van der Waals surface area contributed by atoms with Crippen molar-refractivity contribution in [1.82, 2.24) is 0 Å². The van der Waals surface area contributed by atoms with Gasteiger partial charge in [0, 0.05) is 5.56 Å². The van der Waals surface area contributed by atoms with Crippen LogP contribution >= 0.6 is 0 Å². The van der Waals surface area contributed by atoms with Gasteiger partial charge in [-0.3, -0.25) is 4.79 Å². The van der Waals surface area contributed by atoms with Crippen LogP contribution in [0.1, 0.15) is 0 Å². The summed E-state index contributed by atoms with van der Waals surface area (Å²) in [6.07, 6.45) is -8.55. The van der Waals surface area contributed by atoms with E-state index in [2.05, 4.69) is 0 Å². The number of benzene rings is 2. The van der Waals surface area contributed by atoms with Crippen LogP contribution in [0.4, 0.5) is 0 Å². The zero-order valence-electron chi connectivity index (χ0n) is 20.3. The first-order valence-corrected chi connectivity index (χ1v) is 11.1. The molecule has 38 heavy (non-hydrogen) atoms. The van der Waals surface area contributed by atoms with Crippen LogP contribution in [0.25, 0.3) is 22.3 Å². The number of ether oxygens (including phenoxy) is 5. The summed E-state index contributed by atoms with van der Waals surface area (Å²) in [5, 5.41) is 71.0. The maximum Gasteiger partial charge on any atom is 0.239 e. The minimum Gasteiger partial charge on any atom is -0.504 e. The van der Waals surface area contributed by atoms with E-state index >= 15 is 0 Å². The number of aliphatic hydroxyl groups is 4. The van der Waals surface area contributed by atoms with Crippen molar-refractivity contribution >= 4 is 11.0 Å². The minimum atomic E-state index is -1.89. The van der Waals surface area contributed by atoms with E-state index in [4.69, 9.17) is 28.1 Å². The summed E-state index contributed by atoms with van der Waals surface area (Å²) >= 11 is 0.